The summed E-state index contributed by atoms with van der Waals surface area (Å²) in [5.74, 6) is 0.873. The van der Waals surface area contributed by atoms with Gasteiger partial charge in [0.15, 0.2) is 0 Å². The normalized spacial score (nSPS) is 14.7. The van der Waals surface area contributed by atoms with Crippen molar-refractivity contribution >= 4 is 29.3 Å². The van der Waals surface area contributed by atoms with Crippen LogP contribution in [0.4, 0.5) is 0 Å². The molecule has 0 saturated carbocycles. The fraction of sp³-hybridized carbons (Fsp3) is 0.348. The van der Waals surface area contributed by atoms with Crippen molar-refractivity contribution < 1.29 is 9.21 Å². The molecule has 0 bridgehead atoms. The number of aromatic nitrogens is 2. The maximum absolute atomic E-state index is 12.6. The molecule has 1 amide bonds. The third-order valence-corrected chi connectivity index (χ3v) is 6.25. The lowest BCUT2D eigenvalue weighted by atomic mass is 10.1. The average Bonchev–Trinajstić information content (AvgIpc) is 3.21. The van der Waals surface area contributed by atoms with E-state index in [2.05, 4.69) is 27.2 Å². The molecule has 1 aliphatic heterocycles. The van der Waals surface area contributed by atoms with E-state index in [9.17, 15) is 4.79 Å². The van der Waals surface area contributed by atoms with Gasteiger partial charge in [-0.1, -0.05) is 52.7 Å². The van der Waals surface area contributed by atoms with Crippen molar-refractivity contribution in [1.29, 1.82) is 0 Å². The average molecular weight is 457 g/mol. The molecule has 0 unspecified atom stereocenters. The molecular formula is C23H25ClN4O2S. The van der Waals surface area contributed by atoms with Gasteiger partial charge in [-0.15, -0.1) is 10.2 Å². The lowest BCUT2D eigenvalue weighted by Gasteiger charge is -2.34. The summed E-state index contributed by atoms with van der Waals surface area (Å²) >= 11 is 7.36. The zero-order chi connectivity index (χ0) is 21.8. The number of aryl methyl sites for hydroxylation is 2. The summed E-state index contributed by atoms with van der Waals surface area (Å²) < 4.78 is 5.76. The van der Waals surface area contributed by atoms with Gasteiger partial charge < -0.3 is 9.32 Å². The molecular weight excluding hydrogens is 432 g/mol. The Kier molecular flexibility index (Phi) is 6.95. The van der Waals surface area contributed by atoms with Crippen LogP contribution in [0, 0.1) is 13.8 Å². The quantitative estimate of drug-likeness (QED) is 0.511. The fourth-order valence-corrected chi connectivity index (χ4v) is 4.63. The van der Waals surface area contributed by atoms with Crippen molar-refractivity contribution in [3.8, 4) is 11.5 Å². The largest absolute Gasteiger partial charge is 0.411 e. The van der Waals surface area contributed by atoms with E-state index in [0.717, 1.165) is 54.4 Å². The van der Waals surface area contributed by atoms with Gasteiger partial charge in [0.2, 0.25) is 11.8 Å². The van der Waals surface area contributed by atoms with Crippen LogP contribution >= 0.6 is 23.4 Å². The number of halogens is 1. The molecule has 0 atom stereocenters. The van der Waals surface area contributed by atoms with Gasteiger partial charge in [0.05, 0.1) is 5.75 Å². The molecule has 2 aromatic carbocycles. The molecule has 0 aliphatic carbocycles. The first-order valence-corrected chi connectivity index (χ1v) is 11.6. The molecule has 6 nitrogen and oxygen atoms in total. The maximum atomic E-state index is 12.6. The minimum Gasteiger partial charge on any atom is -0.411 e. The Balaban J connectivity index is 1.26. The number of piperazine rings is 1. The Morgan fingerprint density at radius 3 is 2.52 bits per heavy atom. The third-order valence-electron chi connectivity index (χ3n) is 5.21. The molecule has 31 heavy (non-hydrogen) atoms. The van der Waals surface area contributed by atoms with Crippen molar-refractivity contribution in [1.82, 2.24) is 20.0 Å². The van der Waals surface area contributed by atoms with E-state index in [1.54, 1.807) is 0 Å². The second-order valence-electron chi connectivity index (χ2n) is 7.83. The first-order valence-electron chi connectivity index (χ1n) is 10.3. The SMILES string of the molecule is Cc1cc(C)cc(-c2nnc(SCC(=O)N3CCN(Cc4cccc(Cl)c4)CC3)o2)c1. The molecule has 0 N–H and O–H groups in total. The van der Waals surface area contributed by atoms with Crippen LogP contribution in [0.5, 0.6) is 0 Å². The van der Waals surface area contributed by atoms with E-state index in [0.29, 0.717) is 16.9 Å². The van der Waals surface area contributed by atoms with E-state index in [1.807, 2.05) is 49.1 Å². The highest BCUT2D eigenvalue weighted by Crippen LogP contribution is 2.25. The second kappa shape index (κ2) is 9.85. The van der Waals surface area contributed by atoms with E-state index >= 15 is 0 Å². The number of nitrogens with zero attached hydrogens (tertiary/aromatic N) is 4. The minimum atomic E-state index is 0.0959. The zero-order valence-corrected chi connectivity index (χ0v) is 19.2. The number of carbonyl (C=O) groups is 1. The van der Waals surface area contributed by atoms with E-state index in [4.69, 9.17) is 16.0 Å². The number of rotatable bonds is 6. The minimum absolute atomic E-state index is 0.0959. The summed E-state index contributed by atoms with van der Waals surface area (Å²) in [5.41, 5.74) is 4.39. The summed E-state index contributed by atoms with van der Waals surface area (Å²) in [7, 11) is 0. The molecule has 4 rings (SSSR count). The highest BCUT2D eigenvalue weighted by molar-refractivity contribution is 7.99. The summed E-state index contributed by atoms with van der Waals surface area (Å²) in [6.07, 6.45) is 0. The van der Waals surface area contributed by atoms with Crippen LogP contribution in [0.3, 0.4) is 0 Å². The van der Waals surface area contributed by atoms with Crippen LogP contribution in [0.1, 0.15) is 16.7 Å². The summed E-state index contributed by atoms with van der Waals surface area (Å²) in [5, 5.41) is 9.40. The molecule has 2 heterocycles. The van der Waals surface area contributed by atoms with Crippen LogP contribution in [0.25, 0.3) is 11.5 Å². The first kappa shape index (κ1) is 21.9. The number of hydrogen-bond acceptors (Lipinski definition) is 6. The fourth-order valence-electron chi connectivity index (χ4n) is 3.75. The standard InChI is InChI=1S/C23H25ClN4O2S/c1-16-10-17(2)12-19(11-16)22-25-26-23(30-22)31-15-21(29)28-8-6-27(7-9-28)14-18-4-3-5-20(24)13-18/h3-5,10-13H,6-9,14-15H2,1-2H3. The maximum Gasteiger partial charge on any atom is 0.277 e. The number of amides is 1. The molecule has 1 aromatic heterocycles. The van der Waals surface area contributed by atoms with Crippen LogP contribution < -0.4 is 0 Å². The van der Waals surface area contributed by atoms with Gasteiger partial charge in [-0.3, -0.25) is 9.69 Å². The zero-order valence-electron chi connectivity index (χ0n) is 17.7. The summed E-state index contributed by atoms with van der Waals surface area (Å²) in [6, 6.07) is 14.1. The van der Waals surface area contributed by atoms with Crippen molar-refractivity contribution in [2.24, 2.45) is 0 Å². The van der Waals surface area contributed by atoms with Gasteiger partial charge in [0, 0.05) is 43.3 Å². The van der Waals surface area contributed by atoms with E-state index in [1.165, 1.54) is 17.3 Å². The lowest BCUT2D eigenvalue weighted by molar-refractivity contribution is -0.130. The highest BCUT2D eigenvalue weighted by atomic mass is 35.5. The Morgan fingerprint density at radius 2 is 1.81 bits per heavy atom. The van der Waals surface area contributed by atoms with Gasteiger partial charge in [-0.05, 0) is 43.7 Å². The van der Waals surface area contributed by atoms with Crippen molar-refractivity contribution in [3.63, 3.8) is 0 Å². The molecule has 1 aliphatic rings. The molecule has 8 heteroatoms. The Hall–Kier alpha value is -2.35. The number of hydrogen-bond donors (Lipinski definition) is 0. The molecule has 3 aromatic rings. The van der Waals surface area contributed by atoms with Crippen molar-refractivity contribution in [2.75, 3.05) is 31.9 Å². The second-order valence-corrected chi connectivity index (χ2v) is 9.19. The predicted octanol–water partition coefficient (Wildman–Crippen LogP) is 4.44. The third kappa shape index (κ3) is 5.87. The first-order chi connectivity index (χ1) is 15.0. The topological polar surface area (TPSA) is 62.5 Å². The van der Waals surface area contributed by atoms with Gasteiger partial charge in [0.25, 0.3) is 5.22 Å². The van der Waals surface area contributed by atoms with Crippen molar-refractivity contribution in [3.05, 3.63) is 64.2 Å². The predicted molar refractivity (Wildman–Crippen MR) is 123 cm³/mol. The molecule has 1 fully saturated rings. The van der Waals surface area contributed by atoms with Gasteiger partial charge >= 0.3 is 0 Å². The Morgan fingerprint density at radius 1 is 1.06 bits per heavy atom. The van der Waals surface area contributed by atoms with Crippen molar-refractivity contribution in [2.45, 2.75) is 25.6 Å². The molecule has 0 radical (unpaired) electrons. The number of benzene rings is 2. The lowest BCUT2D eigenvalue weighted by Crippen LogP contribution is -2.48. The number of carbonyl (C=O) groups excluding carboxylic acids is 1. The van der Waals surface area contributed by atoms with E-state index < -0.39 is 0 Å². The summed E-state index contributed by atoms with van der Waals surface area (Å²) in [4.78, 5) is 16.9. The van der Waals surface area contributed by atoms with Gasteiger partial charge in [-0.25, -0.2) is 0 Å². The van der Waals surface area contributed by atoms with Crippen LogP contribution in [0.15, 0.2) is 52.1 Å². The summed E-state index contributed by atoms with van der Waals surface area (Å²) in [6.45, 7) is 8.06. The highest BCUT2D eigenvalue weighted by Gasteiger charge is 2.22. The Labute approximate surface area is 191 Å². The molecule has 0 spiro atoms. The van der Waals surface area contributed by atoms with Gasteiger partial charge in [-0.2, -0.15) is 0 Å². The van der Waals surface area contributed by atoms with Crippen LogP contribution in [-0.4, -0.2) is 57.8 Å². The smallest absolute Gasteiger partial charge is 0.277 e. The Bertz CT molecular complexity index is 1040. The van der Waals surface area contributed by atoms with E-state index in [-0.39, 0.29) is 5.91 Å². The van der Waals surface area contributed by atoms with Crippen LogP contribution in [-0.2, 0) is 11.3 Å². The number of thioether (sulfide) groups is 1. The van der Waals surface area contributed by atoms with Crippen LogP contribution in [0.2, 0.25) is 5.02 Å². The molecule has 162 valence electrons. The monoisotopic (exact) mass is 456 g/mol. The van der Waals surface area contributed by atoms with Gasteiger partial charge in [0.1, 0.15) is 0 Å². The molecule has 1 saturated heterocycles.